The number of hydrogen-bond acceptors (Lipinski definition) is 5. The Bertz CT molecular complexity index is 378. The molecule has 1 fully saturated rings. The fourth-order valence-electron chi connectivity index (χ4n) is 2.45. The maximum atomic E-state index is 11.2. The van der Waals surface area contributed by atoms with E-state index >= 15 is 0 Å². The van der Waals surface area contributed by atoms with Crippen LogP contribution in [0.4, 0.5) is 0 Å². The number of nitrogens with one attached hydrogen (secondary N) is 2. The Balaban J connectivity index is 2.15. The van der Waals surface area contributed by atoms with Crippen LogP contribution in [0.25, 0.3) is 0 Å². The average molecular weight is 308 g/mol. The average Bonchev–Trinajstić information content (AvgIpc) is 2.75. The van der Waals surface area contributed by atoms with Crippen molar-refractivity contribution in [2.45, 2.75) is 57.3 Å². The topological polar surface area (TPSA) is 87.7 Å². The van der Waals surface area contributed by atoms with Crippen LogP contribution in [0.1, 0.15) is 39.5 Å². The van der Waals surface area contributed by atoms with E-state index in [1.165, 1.54) is 12.8 Å². The van der Waals surface area contributed by atoms with Crippen LogP contribution in [0.2, 0.25) is 0 Å². The molecule has 3 N–H and O–H groups in total. The van der Waals surface area contributed by atoms with Crippen molar-refractivity contribution in [2.75, 3.05) is 26.0 Å². The number of aliphatic hydroxyl groups is 1. The summed E-state index contributed by atoms with van der Waals surface area (Å²) in [7, 11) is -3.23. The van der Waals surface area contributed by atoms with Gasteiger partial charge in [0.15, 0.2) is 0 Å². The Morgan fingerprint density at radius 1 is 1.35 bits per heavy atom. The van der Waals surface area contributed by atoms with Gasteiger partial charge in [0, 0.05) is 18.6 Å². The molecule has 1 rings (SSSR count). The van der Waals surface area contributed by atoms with E-state index < -0.39 is 21.7 Å². The van der Waals surface area contributed by atoms with E-state index in [1.807, 2.05) is 0 Å². The van der Waals surface area contributed by atoms with Gasteiger partial charge in [0.2, 0.25) is 10.0 Å². The molecule has 0 heterocycles. The molecule has 1 aliphatic carbocycles. The third kappa shape index (κ3) is 8.16. The molecule has 0 aromatic carbocycles. The molecule has 0 aromatic heterocycles. The number of sulfonamides is 1. The van der Waals surface area contributed by atoms with Gasteiger partial charge in [-0.05, 0) is 26.7 Å². The summed E-state index contributed by atoms with van der Waals surface area (Å²) in [5.74, 6) is 0. The van der Waals surface area contributed by atoms with Crippen molar-refractivity contribution in [1.29, 1.82) is 0 Å². The predicted octanol–water partition coefficient (Wildman–Crippen LogP) is 0.224. The monoisotopic (exact) mass is 308 g/mol. The molecule has 0 spiro atoms. The molecule has 1 atom stereocenters. The van der Waals surface area contributed by atoms with Crippen molar-refractivity contribution < 1.29 is 18.3 Å². The van der Waals surface area contributed by atoms with Gasteiger partial charge in [-0.1, -0.05) is 12.8 Å². The van der Waals surface area contributed by atoms with Crippen molar-refractivity contribution in [1.82, 2.24) is 10.0 Å². The summed E-state index contributed by atoms with van der Waals surface area (Å²) >= 11 is 0. The molecule has 7 heteroatoms. The number of ether oxygens (including phenoxy) is 1. The fraction of sp³-hybridized carbons (Fsp3) is 1.00. The van der Waals surface area contributed by atoms with Crippen molar-refractivity contribution in [3.05, 3.63) is 0 Å². The highest BCUT2D eigenvalue weighted by Gasteiger charge is 2.22. The van der Waals surface area contributed by atoms with E-state index in [4.69, 9.17) is 4.74 Å². The minimum absolute atomic E-state index is 0.299. The zero-order valence-electron chi connectivity index (χ0n) is 12.7. The molecule has 120 valence electrons. The smallest absolute Gasteiger partial charge is 0.209 e. The van der Waals surface area contributed by atoms with E-state index in [1.54, 1.807) is 13.8 Å². The van der Waals surface area contributed by atoms with E-state index in [0.717, 1.165) is 19.1 Å². The minimum Gasteiger partial charge on any atom is -0.389 e. The van der Waals surface area contributed by atoms with E-state index in [9.17, 15) is 13.5 Å². The first kappa shape index (κ1) is 17.8. The Kier molecular flexibility index (Phi) is 6.87. The molecule has 0 bridgehead atoms. The first-order valence-electron chi connectivity index (χ1n) is 7.17. The number of hydrogen-bond donors (Lipinski definition) is 3. The fourth-order valence-corrected chi connectivity index (χ4v) is 3.53. The van der Waals surface area contributed by atoms with Crippen molar-refractivity contribution in [2.24, 2.45) is 0 Å². The highest BCUT2D eigenvalue weighted by Crippen LogP contribution is 2.20. The largest absolute Gasteiger partial charge is 0.389 e. The zero-order valence-corrected chi connectivity index (χ0v) is 13.5. The molecule has 0 amide bonds. The van der Waals surface area contributed by atoms with Gasteiger partial charge in [-0.25, -0.2) is 13.1 Å². The molecule has 1 saturated carbocycles. The maximum absolute atomic E-state index is 11.2. The molecule has 20 heavy (non-hydrogen) atoms. The van der Waals surface area contributed by atoms with Crippen molar-refractivity contribution in [3.63, 3.8) is 0 Å². The van der Waals surface area contributed by atoms with Gasteiger partial charge in [0.05, 0.1) is 25.1 Å². The Morgan fingerprint density at radius 2 is 1.95 bits per heavy atom. The first-order chi connectivity index (χ1) is 9.18. The Labute approximate surface area is 122 Å². The van der Waals surface area contributed by atoms with Gasteiger partial charge in [0.1, 0.15) is 0 Å². The van der Waals surface area contributed by atoms with Crippen molar-refractivity contribution in [3.8, 4) is 0 Å². The second kappa shape index (κ2) is 7.70. The third-order valence-corrected chi connectivity index (χ3v) is 4.16. The summed E-state index contributed by atoms with van der Waals surface area (Å²) in [5, 5.41) is 12.9. The lowest BCUT2D eigenvalue weighted by Gasteiger charge is -2.26. The van der Waals surface area contributed by atoms with Crippen LogP contribution >= 0.6 is 0 Å². The summed E-state index contributed by atoms with van der Waals surface area (Å²) in [6, 6.07) is 0. The third-order valence-electron chi connectivity index (χ3n) is 3.24. The maximum Gasteiger partial charge on any atom is 0.209 e. The van der Waals surface area contributed by atoms with Crippen molar-refractivity contribution >= 4 is 10.0 Å². The van der Waals surface area contributed by atoms with E-state index in [0.29, 0.717) is 25.8 Å². The van der Waals surface area contributed by atoms with Crippen LogP contribution in [0.15, 0.2) is 0 Å². The van der Waals surface area contributed by atoms with Gasteiger partial charge < -0.3 is 15.2 Å². The van der Waals surface area contributed by atoms with Crippen LogP contribution in [0.3, 0.4) is 0 Å². The second-order valence-electron chi connectivity index (χ2n) is 6.28. The first-order valence-corrected chi connectivity index (χ1v) is 9.06. The van der Waals surface area contributed by atoms with Gasteiger partial charge >= 0.3 is 0 Å². The van der Waals surface area contributed by atoms with Gasteiger partial charge in [-0.3, -0.25) is 0 Å². The summed E-state index contributed by atoms with van der Waals surface area (Å²) in [4.78, 5) is 0. The molecule has 0 aliphatic heterocycles. The van der Waals surface area contributed by atoms with Crippen LogP contribution in [-0.2, 0) is 14.8 Å². The lowest BCUT2D eigenvalue weighted by atomic mass is 10.1. The number of aliphatic hydroxyl groups excluding tert-OH is 1. The van der Waals surface area contributed by atoms with Gasteiger partial charge in [-0.2, -0.15) is 0 Å². The predicted molar refractivity (Wildman–Crippen MR) is 79.1 cm³/mol. The molecule has 1 aliphatic rings. The summed E-state index contributed by atoms with van der Waals surface area (Å²) in [6.07, 6.45) is 5.47. The number of rotatable bonds is 9. The molecular formula is C13H28N2O4S. The van der Waals surface area contributed by atoms with Crippen LogP contribution in [0.5, 0.6) is 0 Å². The van der Waals surface area contributed by atoms with Crippen LogP contribution in [-0.4, -0.2) is 57.2 Å². The summed E-state index contributed by atoms with van der Waals surface area (Å²) in [5.41, 5.74) is -0.584. The van der Waals surface area contributed by atoms with Crippen LogP contribution in [0, 0.1) is 0 Å². The molecule has 6 nitrogen and oxygen atoms in total. The second-order valence-corrected chi connectivity index (χ2v) is 8.03. The molecule has 0 aromatic rings. The zero-order chi connectivity index (χ0) is 15.2. The molecule has 0 radical (unpaired) electrons. The summed E-state index contributed by atoms with van der Waals surface area (Å²) < 4.78 is 30.5. The van der Waals surface area contributed by atoms with E-state index in [2.05, 4.69) is 10.0 Å². The normalized spacial score (nSPS) is 19.4. The minimum atomic E-state index is -3.23. The Hall–Kier alpha value is -0.210. The van der Waals surface area contributed by atoms with E-state index in [-0.39, 0.29) is 0 Å². The molecule has 0 saturated heterocycles. The summed E-state index contributed by atoms with van der Waals surface area (Å²) in [6.45, 7) is 4.75. The Morgan fingerprint density at radius 3 is 2.50 bits per heavy atom. The molecule has 1 unspecified atom stereocenters. The molecular weight excluding hydrogens is 280 g/mol. The van der Waals surface area contributed by atoms with Gasteiger partial charge in [0.25, 0.3) is 0 Å². The highest BCUT2D eigenvalue weighted by molar-refractivity contribution is 7.88. The van der Waals surface area contributed by atoms with Gasteiger partial charge in [-0.15, -0.1) is 0 Å². The standard InChI is InChI=1S/C13H28N2O4S/c1-13(2,15-20(3,17)18)10-14-8-11(16)9-19-12-6-4-5-7-12/h11-12,14-16H,4-10H2,1-3H3. The lowest BCUT2D eigenvalue weighted by molar-refractivity contribution is -0.00567. The lowest BCUT2D eigenvalue weighted by Crippen LogP contribution is -2.51. The van der Waals surface area contributed by atoms with Crippen LogP contribution < -0.4 is 10.0 Å². The quantitative estimate of drug-likeness (QED) is 0.567. The highest BCUT2D eigenvalue weighted by atomic mass is 32.2. The SMILES string of the molecule is CC(C)(CNCC(O)COC1CCCC1)NS(C)(=O)=O.